The molecular formula is C15H19N3O2S. The van der Waals surface area contributed by atoms with E-state index in [1.54, 1.807) is 32.1 Å². The Morgan fingerprint density at radius 1 is 1.38 bits per heavy atom. The Hall–Kier alpha value is -1.68. The van der Waals surface area contributed by atoms with Gasteiger partial charge < -0.3 is 9.63 Å². The van der Waals surface area contributed by atoms with Crippen LogP contribution in [0.5, 0.6) is 0 Å². The molecule has 0 atom stereocenters. The summed E-state index contributed by atoms with van der Waals surface area (Å²) < 4.78 is 4.96. The van der Waals surface area contributed by atoms with Gasteiger partial charge in [0.15, 0.2) is 5.82 Å². The van der Waals surface area contributed by atoms with E-state index >= 15 is 0 Å². The fourth-order valence-corrected chi connectivity index (χ4v) is 2.66. The zero-order valence-electron chi connectivity index (χ0n) is 12.7. The maximum atomic E-state index is 9.60. The standard InChI is InChI=1S/C15H19N3O2S/c1-11-16-14(17-20-11)10-18(4)9-13-6-5-12(21-13)7-8-15(2,3)19/h5-6,19H,9-10H2,1-4H3. The lowest BCUT2D eigenvalue weighted by molar-refractivity contribution is 0.143. The summed E-state index contributed by atoms with van der Waals surface area (Å²) in [4.78, 5) is 8.46. The number of aromatic nitrogens is 2. The van der Waals surface area contributed by atoms with Crippen LogP contribution in [0.4, 0.5) is 0 Å². The third kappa shape index (κ3) is 5.31. The van der Waals surface area contributed by atoms with Crippen molar-refractivity contribution in [2.24, 2.45) is 0 Å². The third-order valence-corrected chi connectivity index (χ3v) is 3.55. The summed E-state index contributed by atoms with van der Waals surface area (Å²) in [5, 5.41) is 13.5. The van der Waals surface area contributed by atoms with Crippen LogP contribution in [0.25, 0.3) is 0 Å². The number of thiophene rings is 1. The van der Waals surface area contributed by atoms with E-state index in [0.29, 0.717) is 18.3 Å². The number of aryl methyl sites for hydroxylation is 1. The van der Waals surface area contributed by atoms with Gasteiger partial charge in [-0.25, -0.2) is 0 Å². The molecular weight excluding hydrogens is 286 g/mol. The molecule has 0 aliphatic heterocycles. The van der Waals surface area contributed by atoms with Crippen molar-refractivity contribution in [2.75, 3.05) is 7.05 Å². The first-order valence-electron chi connectivity index (χ1n) is 6.64. The van der Waals surface area contributed by atoms with Crippen LogP contribution in [0.2, 0.25) is 0 Å². The highest BCUT2D eigenvalue weighted by molar-refractivity contribution is 7.12. The molecule has 0 aliphatic rings. The van der Waals surface area contributed by atoms with Crippen molar-refractivity contribution in [3.63, 3.8) is 0 Å². The molecule has 2 heterocycles. The maximum absolute atomic E-state index is 9.60. The second-order valence-corrected chi connectivity index (χ2v) is 6.65. The normalized spacial score (nSPS) is 11.5. The Morgan fingerprint density at radius 3 is 2.76 bits per heavy atom. The molecule has 5 nitrogen and oxygen atoms in total. The van der Waals surface area contributed by atoms with Crippen molar-refractivity contribution in [3.05, 3.63) is 33.6 Å². The van der Waals surface area contributed by atoms with Crippen LogP contribution in [-0.2, 0) is 13.1 Å². The van der Waals surface area contributed by atoms with Gasteiger partial charge in [0.05, 0.1) is 11.4 Å². The summed E-state index contributed by atoms with van der Waals surface area (Å²) in [7, 11) is 2.01. The molecule has 21 heavy (non-hydrogen) atoms. The molecule has 0 saturated carbocycles. The van der Waals surface area contributed by atoms with E-state index in [2.05, 4.69) is 32.9 Å². The first-order chi connectivity index (χ1) is 9.82. The predicted octanol–water partition coefficient (Wildman–Crippen LogP) is 2.19. The smallest absolute Gasteiger partial charge is 0.223 e. The Kier molecular flexibility index (Phi) is 4.78. The third-order valence-electron chi connectivity index (χ3n) is 2.56. The lowest BCUT2D eigenvalue weighted by Crippen LogP contribution is -2.17. The van der Waals surface area contributed by atoms with Crippen LogP contribution in [-0.4, -0.2) is 32.8 Å². The first-order valence-corrected chi connectivity index (χ1v) is 7.45. The first kappa shape index (κ1) is 15.7. The van der Waals surface area contributed by atoms with Gasteiger partial charge in [-0.1, -0.05) is 17.0 Å². The Bertz CT molecular complexity index is 658. The van der Waals surface area contributed by atoms with E-state index < -0.39 is 5.60 Å². The minimum absolute atomic E-state index is 0.582. The molecule has 0 aliphatic carbocycles. The summed E-state index contributed by atoms with van der Waals surface area (Å²) >= 11 is 1.63. The molecule has 0 radical (unpaired) electrons. The minimum Gasteiger partial charge on any atom is -0.378 e. The average molecular weight is 305 g/mol. The molecule has 112 valence electrons. The van der Waals surface area contributed by atoms with E-state index in [-0.39, 0.29) is 0 Å². The van der Waals surface area contributed by atoms with E-state index in [1.165, 1.54) is 4.88 Å². The van der Waals surface area contributed by atoms with Gasteiger partial charge >= 0.3 is 0 Å². The molecule has 0 amide bonds. The van der Waals surface area contributed by atoms with Gasteiger partial charge in [0.25, 0.3) is 0 Å². The lowest BCUT2D eigenvalue weighted by atomic mass is 10.1. The zero-order valence-corrected chi connectivity index (χ0v) is 13.5. The maximum Gasteiger partial charge on any atom is 0.223 e. The molecule has 1 N–H and O–H groups in total. The topological polar surface area (TPSA) is 62.4 Å². The second-order valence-electron chi connectivity index (χ2n) is 5.48. The van der Waals surface area contributed by atoms with Crippen LogP contribution < -0.4 is 0 Å². The summed E-state index contributed by atoms with van der Waals surface area (Å²) in [6.07, 6.45) is 0. The quantitative estimate of drug-likeness (QED) is 0.877. The van der Waals surface area contributed by atoms with Crippen molar-refractivity contribution in [3.8, 4) is 11.8 Å². The largest absolute Gasteiger partial charge is 0.378 e. The summed E-state index contributed by atoms with van der Waals surface area (Å²) in [6.45, 7) is 6.57. The van der Waals surface area contributed by atoms with Crippen molar-refractivity contribution in [1.29, 1.82) is 0 Å². The van der Waals surface area contributed by atoms with Gasteiger partial charge in [-0.3, -0.25) is 4.90 Å². The van der Waals surface area contributed by atoms with Crippen LogP contribution in [0, 0.1) is 18.8 Å². The Balaban J connectivity index is 1.94. The molecule has 2 rings (SSSR count). The molecule has 6 heteroatoms. The molecule has 0 unspecified atom stereocenters. The SMILES string of the molecule is Cc1nc(CN(C)Cc2ccc(C#CC(C)(C)O)s2)no1. The zero-order chi connectivity index (χ0) is 15.5. The molecule has 0 bridgehead atoms. The van der Waals surface area contributed by atoms with Crippen molar-refractivity contribution in [1.82, 2.24) is 15.0 Å². The average Bonchev–Trinajstić information content (AvgIpc) is 2.95. The number of aliphatic hydroxyl groups is 1. The number of nitrogens with zero attached hydrogens (tertiary/aromatic N) is 3. The number of hydrogen-bond acceptors (Lipinski definition) is 6. The number of rotatable bonds is 4. The van der Waals surface area contributed by atoms with E-state index in [9.17, 15) is 5.11 Å². The van der Waals surface area contributed by atoms with Crippen molar-refractivity contribution >= 4 is 11.3 Å². The highest BCUT2D eigenvalue weighted by Crippen LogP contribution is 2.18. The summed E-state index contributed by atoms with van der Waals surface area (Å²) in [5.41, 5.74) is -0.961. The molecule has 0 fully saturated rings. The summed E-state index contributed by atoms with van der Waals surface area (Å²) in [6, 6.07) is 4.03. The fraction of sp³-hybridized carbons (Fsp3) is 0.467. The lowest BCUT2D eigenvalue weighted by Gasteiger charge is -2.12. The summed E-state index contributed by atoms with van der Waals surface area (Å²) in [5.74, 6) is 7.08. The van der Waals surface area contributed by atoms with Crippen molar-refractivity contribution < 1.29 is 9.63 Å². The van der Waals surface area contributed by atoms with Gasteiger partial charge in [0.2, 0.25) is 5.89 Å². The molecule has 0 saturated heterocycles. The molecule has 2 aromatic rings. The van der Waals surface area contributed by atoms with Gasteiger partial charge in [0.1, 0.15) is 5.60 Å². The van der Waals surface area contributed by atoms with Crippen LogP contribution in [0.3, 0.4) is 0 Å². The minimum atomic E-state index is -0.961. The van der Waals surface area contributed by atoms with E-state index in [4.69, 9.17) is 4.52 Å². The predicted molar refractivity (Wildman–Crippen MR) is 81.7 cm³/mol. The van der Waals surface area contributed by atoms with Crippen molar-refractivity contribution in [2.45, 2.75) is 39.5 Å². The second kappa shape index (κ2) is 6.39. The Morgan fingerprint density at radius 2 is 2.14 bits per heavy atom. The molecule has 2 aromatic heterocycles. The van der Waals surface area contributed by atoms with Crippen LogP contribution in [0.15, 0.2) is 16.7 Å². The molecule has 0 aromatic carbocycles. The molecule has 0 spiro atoms. The highest BCUT2D eigenvalue weighted by Gasteiger charge is 2.09. The Labute approximate surface area is 128 Å². The van der Waals surface area contributed by atoms with Gasteiger partial charge in [0, 0.05) is 18.3 Å². The fourth-order valence-electron chi connectivity index (χ4n) is 1.71. The van der Waals surface area contributed by atoms with Crippen LogP contribution >= 0.6 is 11.3 Å². The highest BCUT2D eigenvalue weighted by atomic mass is 32.1. The number of hydrogen-bond donors (Lipinski definition) is 1. The van der Waals surface area contributed by atoms with Gasteiger partial charge in [-0.15, -0.1) is 11.3 Å². The van der Waals surface area contributed by atoms with E-state index in [1.807, 2.05) is 13.1 Å². The van der Waals surface area contributed by atoms with E-state index in [0.717, 1.165) is 11.4 Å². The van der Waals surface area contributed by atoms with Crippen LogP contribution in [0.1, 0.15) is 35.3 Å². The monoisotopic (exact) mass is 305 g/mol. The van der Waals surface area contributed by atoms with Gasteiger partial charge in [-0.05, 0) is 33.0 Å². The van der Waals surface area contributed by atoms with Gasteiger partial charge in [-0.2, -0.15) is 4.98 Å².